The number of rotatable bonds is 11. The van der Waals surface area contributed by atoms with Gasteiger partial charge in [-0.1, -0.05) is 0 Å². The van der Waals surface area contributed by atoms with Crippen LogP contribution in [0.4, 0.5) is 5.69 Å². The molecular formula is C15H27N3O2. The second kappa shape index (κ2) is 10.6. The van der Waals surface area contributed by atoms with Crippen LogP contribution >= 0.6 is 0 Å². The molecule has 1 aromatic heterocycles. The van der Waals surface area contributed by atoms with Gasteiger partial charge in [0.15, 0.2) is 0 Å². The molecule has 0 fully saturated rings. The first kappa shape index (κ1) is 16.9. The van der Waals surface area contributed by atoms with Crippen LogP contribution in [-0.4, -0.2) is 55.9 Å². The quantitative estimate of drug-likeness (QED) is 0.624. The van der Waals surface area contributed by atoms with Crippen molar-refractivity contribution < 1.29 is 9.47 Å². The van der Waals surface area contributed by atoms with E-state index in [4.69, 9.17) is 15.2 Å². The second-order valence-electron chi connectivity index (χ2n) is 4.57. The predicted molar refractivity (Wildman–Crippen MR) is 81.8 cm³/mol. The van der Waals surface area contributed by atoms with Gasteiger partial charge < -0.3 is 15.2 Å². The molecule has 0 radical (unpaired) electrons. The zero-order valence-electron chi connectivity index (χ0n) is 12.7. The van der Waals surface area contributed by atoms with Crippen molar-refractivity contribution in [1.82, 2.24) is 9.88 Å². The van der Waals surface area contributed by atoms with Crippen LogP contribution in [-0.2, 0) is 15.9 Å². The lowest BCUT2D eigenvalue weighted by Crippen LogP contribution is -2.33. The van der Waals surface area contributed by atoms with Crippen LogP contribution < -0.4 is 5.73 Å². The average Bonchev–Trinajstić information content (AvgIpc) is 2.46. The third-order valence-corrected chi connectivity index (χ3v) is 3.04. The summed E-state index contributed by atoms with van der Waals surface area (Å²) in [7, 11) is 0. The molecule has 1 rings (SSSR count). The maximum Gasteiger partial charge on any atom is 0.0593 e. The summed E-state index contributed by atoms with van der Waals surface area (Å²) in [5.74, 6) is 0. The van der Waals surface area contributed by atoms with Crippen molar-refractivity contribution in [2.75, 3.05) is 51.8 Å². The molecule has 0 spiro atoms. The summed E-state index contributed by atoms with van der Waals surface area (Å²) in [4.78, 5) is 6.68. The molecule has 0 saturated carbocycles. The van der Waals surface area contributed by atoms with E-state index in [1.54, 1.807) is 6.20 Å². The Morgan fingerprint density at radius 1 is 1.05 bits per heavy atom. The van der Waals surface area contributed by atoms with Crippen molar-refractivity contribution in [2.45, 2.75) is 20.3 Å². The summed E-state index contributed by atoms with van der Waals surface area (Å²) in [6.07, 6.45) is 2.62. The third kappa shape index (κ3) is 7.43. The maximum atomic E-state index is 5.64. The minimum absolute atomic E-state index is 0.707. The van der Waals surface area contributed by atoms with Gasteiger partial charge in [0.2, 0.25) is 0 Å². The van der Waals surface area contributed by atoms with E-state index in [0.717, 1.165) is 58.2 Å². The molecule has 0 aliphatic rings. The first-order valence-corrected chi connectivity index (χ1v) is 7.34. The Morgan fingerprint density at radius 2 is 1.70 bits per heavy atom. The van der Waals surface area contributed by atoms with Crippen molar-refractivity contribution in [3.05, 3.63) is 24.0 Å². The van der Waals surface area contributed by atoms with Gasteiger partial charge in [-0.05, 0) is 26.0 Å². The van der Waals surface area contributed by atoms with E-state index in [1.165, 1.54) is 0 Å². The maximum absolute atomic E-state index is 5.64. The highest BCUT2D eigenvalue weighted by Gasteiger charge is 2.06. The van der Waals surface area contributed by atoms with Crippen molar-refractivity contribution in [2.24, 2.45) is 0 Å². The van der Waals surface area contributed by atoms with E-state index >= 15 is 0 Å². The molecule has 5 nitrogen and oxygen atoms in total. The van der Waals surface area contributed by atoms with Crippen molar-refractivity contribution >= 4 is 5.69 Å². The number of aromatic nitrogens is 1. The Hall–Kier alpha value is -1.17. The minimum atomic E-state index is 0.707. The molecule has 0 saturated heterocycles. The highest BCUT2D eigenvalue weighted by molar-refractivity contribution is 5.34. The Labute approximate surface area is 122 Å². The largest absolute Gasteiger partial charge is 0.397 e. The Bertz CT molecular complexity index is 333. The summed E-state index contributed by atoms with van der Waals surface area (Å²) >= 11 is 0. The summed E-state index contributed by atoms with van der Waals surface area (Å²) < 4.78 is 10.8. The zero-order chi connectivity index (χ0) is 14.6. The first-order valence-electron chi connectivity index (χ1n) is 7.34. The van der Waals surface area contributed by atoms with Crippen molar-refractivity contribution in [3.8, 4) is 0 Å². The fourth-order valence-corrected chi connectivity index (χ4v) is 1.87. The Kier molecular flexibility index (Phi) is 8.95. The Morgan fingerprint density at radius 3 is 2.20 bits per heavy atom. The number of nitrogens with two attached hydrogens (primary N) is 1. The van der Waals surface area contributed by atoms with Gasteiger partial charge in [-0.2, -0.15) is 0 Å². The smallest absolute Gasteiger partial charge is 0.0593 e. The van der Waals surface area contributed by atoms with Crippen molar-refractivity contribution in [3.63, 3.8) is 0 Å². The van der Waals surface area contributed by atoms with Gasteiger partial charge in [-0.3, -0.25) is 9.88 Å². The lowest BCUT2D eigenvalue weighted by Gasteiger charge is -2.21. The molecule has 0 bridgehead atoms. The molecule has 0 atom stereocenters. The molecule has 0 aliphatic carbocycles. The number of anilines is 1. The number of hydrogen-bond donors (Lipinski definition) is 1. The lowest BCUT2D eigenvalue weighted by atomic mass is 10.2. The van der Waals surface area contributed by atoms with Crippen LogP contribution in [0.15, 0.2) is 18.3 Å². The minimum Gasteiger partial charge on any atom is -0.397 e. The number of ether oxygens (including phenoxy) is 2. The van der Waals surface area contributed by atoms with Crippen LogP contribution in [0.2, 0.25) is 0 Å². The van der Waals surface area contributed by atoms with E-state index in [9.17, 15) is 0 Å². The molecule has 0 aromatic carbocycles. The third-order valence-electron chi connectivity index (χ3n) is 3.04. The first-order chi connectivity index (χ1) is 9.76. The summed E-state index contributed by atoms with van der Waals surface area (Å²) in [6.45, 7) is 9.89. The number of nitrogen functional groups attached to an aromatic ring is 1. The average molecular weight is 281 g/mol. The standard InChI is InChI=1S/C15H27N3O2/c1-3-19-11-9-18(10-12-20-4-2)8-7-15-6-5-14(16)13-17-15/h5-6,13H,3-4,7-12,16H2,1-2H3. The molecule has 2 N–H and O–H groups in total. The lowest BCUT2D eigenvalue weighted by molar-refractivity contribution is 0.0832. The molecule has 1 heterocycles. The molecule has 0 unspecified atom stereocenters. The van der Waals surface area contributed by atoms with E-state index < -0.39 is 0 Å². The highest BCUT2D eigenvalue weighted by atomic mass is 16.5. The topological polar surface area (TPSA) is 60.6 Å². The molecule has 20 heavy (non-hydrogen) atoms. The van der Waals surface area contributed by atoms with E-state index in [0.29, 0.717) is 5.69 Å². The highest BCUT2D eigenvalue weighted by Crippen LogP contribution is 2.03. The van der Waals surface area contributed by atoms with E-state index in [2.05, 4.69) is 9.88 Å². The zero-order valence-corrected chi connectivity index (χ0v) is 12.7. The van der Waals surface area contributed by atoms with E-state index in [1.807, 2.05) is 26.0 Å². The fourth-order valence-electron chi connectivity index (χ4n) is 1.87. The molecule has 0 amide bonds. The van der Waals surface area contributed by atoms with Gasteiger partial charge in [0.1, 0.15) is 0 Å². The van der Waals surface area contributed by atoms with Gasteiger partial charge >= 0.3 is 0 Å². The number of hydrogen-bond acceptors (Lipinski definition) is 5. The van der Waals surface area contributed by atoms with Gasteiger partial charge in [-0.15, -0.1) is 0 Å². The molecule has 114 valence electrons. The Balaban J connectivity index is 2.35. The second-order valence-corrected chi connectivity index (χ2v) is 4.57. The number of pyridine rings is 1. The van der Waals surface area contributed by atoms with Crippen LogP contribution in [0.5, 0.6) is 0 Å². The van der Waals surface area contributed by atoms with E-state index in [-0.39, 0.29) is 0 Å². The van der Waals surface area contributed by atoms with Crippen LogP contribution in [0.25, 0.3) is 0 Å². The number of nitrogens with zero attached hydrogens (tertiary/aromatic N) is 2. The fraction of sp³-hybridized carbons (Fsp3) is 0.667. The summed E-state index contributed by atoms with van der Waals surface area (Å²) in [6, 6.07) is 3.88. The predicted octanol–water partition coefficient (Wildman–Crippen LogP) is 1.58. The van der Waals surface area contributed by atoms with Crippen LogP contribution in [0.1, 0.15) is 19.5 Å². The van der Waals surface area contributed by atoms with Crippen LogP contribution in [0.3, 0.4) is 0 Å². The molecule has 5 heteroatoms. The van der Waals surface area contributed by atoms with Crippen molar-refractivity contribution in [1.29, 1.82) is 0 Å². The summed E-state index contributed by atoms with van der Waals surface area (Å²) in [5.41, 5.74) is 7.41. The van der Waals surface area contributed by atoms with Gasteiger partial charge in [0, 0.05) is 45.0 Å². The monoisotopic (exact) mass is 281 g/mol. The normalized spacial score (nSPS) is 11.2. The molecule has 0 aliphatic heterocycles. The van der Waals surface area contributed by atoms with Crippen LogP contribution in [0, 0.1) is 0 Å². The van der Waals surface area contributed by atoms with Gasteiger partial charge in [0.25, 0.3) is 0 Å². The molecule has 1 aromatic rings. The van der Waals surface area contributed by atoms with Gasteiger partial charge in [0.05, 0.1) is 25.1 Å². The SMILES string of the molecule is CCOCCN(CCOCC)CCc1ccc(N)cn1. The molecular weight excluding hydrogens is 254 g/mol. The van der Waals surface area contributed by atoms with Gasteiger partial charge in [-0.25, -0.2) is 0 Å². The summed E-state index contributed by atoms with van der Waals surface area (Å²) in [5, 5.41) is 0.